The number of hydrogen-bond donors (Lipinski definition) is 1. The lowest BCUT2D eigenvalue weighted by Crippen LogP contribution is -2.05. The Morgan fingerprint density at radius 2 is 2.00 bits per heavy atom. The van der Waals surface area contributed by atoms with Gasteiger partial charge in [-0.25, -0.2) is 4.79 Å². The first-order chi connectivity index (χ1) is 11.1. The highest BCUT2D eigenvalue weighted by Crippen LogP contribution is 2.17. The number of phenols is 1. The fourth-order valence-corrected chi connectivity index (χ4v) is 1.98. The molecule has 6 heteroatoms. The molecule has 0 aliphatic carbocycles. The largest absolute Gasteiger partial charge is 0.508 e. The summed E-state index contributed by atoms with van der Waals surface area (Å²) in [5.41, 5.74) is 2.21. The number of esters is 1. The standard InChI is InChI=1S/C17H14N2O4/c1-11-5-7-12(8-6-11)16-18-15(23-19-16)10-22-17(21)13-3-2-4-14(20)9-13/h2-9,20H,10H2,1H3. The number of carbonyl (C=O) groups excluding carboxylic acids is 1. The maximum absolute atomic E-state index is 11.9. The van der Waals surface area contributed by atoms with E-state index in [1.54, 1.807) is 12.1 Å². The summed E-state index contributed by atoms with van der Waals surface area (Å²) in [6.45, 7) is 1.86. The third-order valence-corrected chi connectivity index (χ3v) is 3.19. The highest BCUT2D eigenvalue weighted by atomic mass is 16.6. The molecule has 2 aromatic carbocycles. The Hall–Kier alpha value is -3.15. The van der Waals surface area contributed by atoms with Gasteiger partial charge in [0.1, 0.15) is 5.75 Å². The smallest absolute Gasteiger partial charge is 0.338 e. The number of benzene rings is 2. The van der Waals surface area contributed by atoms with Crippen molar-refractivity contribution in [1.82, 2.24) is 10.1 Å². The molecule has 23 heavy (non-hydrogen) atoms. The van der Waals surface area contributed by atoms with Crippen molar-refractivity contribution in [2.75, 3.05) is 0 Å². The Bertz CT molecular complexity index is 825. The highest BCUT2D eigenvalue weighted by molar-refractivity contribution is 5.89. The number of ether oxygens (including phenoxy) is 1. The van der Waals surface area contributed by atoms with Crippen LogP contribution < -0.4 is 0 Å². The third-order valence-electron chi connectivity index (χ3n) is 3.19. The molecule has 0 saturated heterocycles. The molecule has 3 rings (SSSR count). The first kappa shape index (κ1) is 14.8. The van der Waals surface area contributed by atoms with Crippen LogP contribution in [0.25, 0.3) is 11.4 Å². The molecular formula is C17H14N2O4. The van der Waals surface area contributed by atoms with Crippen molar-refractivity contribution < 1.29 is 19.2 Å². The molecule has 0 fully saturated rings. The second kappa shape index (κ2) is 6.31. The molecule has 6 nitrogen and oxygen atoms in total. The summed E-state index contributed by atoms with van der Waals surface area (Å²) in [5.74, 6) is 0.0670. The van der Waals surface area contributed by atoms with Gasteiger partial charge in [-0.1, -0.05) is 41.1 Å². The van der Waals surface area contributed by atoms with E-state index < -0.39 is 5.97 Å². The number of phenolic OH excluding ortho intramolecular Hbond substituents is 1. The fraction of sp³-hybridized carbons (Fsp3) is 0.118. The van der Waals surface area contributed by atoms with Crippen molar-refractivity contribution in [2.24, 2.45) is 0 Å². The van der Waals surface area contributed by atoms with Crippen LogP contribution in [0.2, 0.25) is 0 Å². The lowest BCUT2D eigenvalue weighted by atomic mass is 10.1. The van der Waals surface area contributed by atoms with Crippen LogP contribution >= 0.6 is 0 Å². The maximum atomic E-state index is 11.9. The zero-order valence-electron chi connectivity index (χ0n) is 12.4. The Morgan fingerprint density at radius 1 is 1.22 bits per heavy atom. The number of aromatic hydroxyl groups is 1. The van der Waals surface area contributed by atoms with Crippen molar-refractivity contribution in [1.29, 1.82) is 0 Å². The number of carbonyl (C=O) groups is 1. The summed E-state index contributed by atoms with van der Waals surface area (Å²) in [6.07, 6.45) is 0. The molecule has 0 aliphatic heterocycles. The summed E-state index contributed by atoms with van der Waals surface area (Å²) in [7, 11) is 0. The SMILES string of the molecule is Cc1ccc(-c2noc(COC(=O)c3cccc(O)c3)n2)cc1. The highest BCUT2D eigenvalue weighted by Gasteiger charge is 2.12. The molecule has 0 bridgehead atoms. The summed E-state index contributed by atoms with van der Waals surface area (Å²) in [5, 5.41) is 13.2. The molecule has 1 heterocycles. The van der Waals surface area contributed by atoms with Crippen molar-refractivity contribution in [3.63, 3.8) is 0 Å². The number of nitrogens with zero attached hydrogens (tertiary/aromatic N) is 2. The van der Waals surface area contributed by atoms with Crippen LogP contribution in [0.15, 0.2) is 53.1 Å². The van der Waals surface area contributed by atoms with Crippen LogP contribution in [0.4, 0.5) is 0 Å². The van der Waals surface area contributed by atoms with Crippen LogP contribution in [0, 0.1) is 6.92 Å². The lowest BCUT2D eigenvalue weighted by molar-refractivity contribution is 0.0429. The third kappa shape index (κ3) is 3.55. The summed E-state index contributed by atoms with van der Waals surface area (Å²) in [4.78, 5) is 16.1. The Morgan fingerprint density at radius 3 is 2.74 bits per heavy atom. The second-order valence-electron chi connectivity index (χ2n) is 5.00. The van der Waals surface area contributed by atoms with Gasteiger partial charge in [0.05, 0.1) is 5.56 Å². The minimum absolute atomic E-state index is 0.00102. The predicted molar refractivity (Wildman–Crippen MR) is 81.7 cm³/mol. The van der Waals surface area contributed by atoms with Crippen LogP contribution in [0.1, 0.15) is 21.8 Å². The van der Waals surface area contributed by atoms with Crippen LogP contribution in [0.3, 0.4) is 0 Å². The van der Waals surface area contributed by atoms with E-state index >= 15 is 0 Å². The van der Waals surface area contributed by atoms with Crippen molar-refractivity contribution >= 4 is 5.97 Å². The van der Waals surface area contributed by atoms with Gasteiger partial charge in [-0.15, -0.1) is 0 Å². The molecule has 1 N–H and O–H groups in total. The molecule has 0 atom stereocenters. The van der Waals surface area contributed by atoms with Gasteiger partial charge in [0.2, 0.25) is 5.82 Å². The van der Waals surface area contributed by atoms with Crippen molar-refractivity contribution in [3.8, 4) is 17.1 Å². The first-order valence-corrected chi connectivity index (χ1v) is 6.97. The van der Waals surface area contributed by atoms with E-state index in [0.29, 0.717) is 5.82 Å². The van der Waals surface area contributed by atoms with Gasteiger partial charge in [0.25, 0.3) is 5.89 Å². The molecule has 0 spiro atoms. The minimum atomic E-state index is -0.573. The number of aryl methyl sites for hydroxylation is 1. The molecule has 0 saturated carbocycles. The first-order valence-electron chi connectivity index (χ1n) is 6.97. The van der Waals surface area contributed by atoms with Gasteiger partial charge in [0.15, 0.2) is 6.61 Å². The lowest BCUT2D eigenvalue weighted by Gasteiger charge is -2.01. The molecule has 0 aliphatic rings. The zero-order chi connectivity index (χ0) is 16.2. The Kier molecular flexibility index (Phi) is 4.05. The average Bonchev–Trinajstić information content (AvgIpc) is 3.02. The Labute approximate surface area is 132 Å². The van der Waals surface area contributed by atoms with Crippen molar-refractivity contribution in [2.45, 2.75) is 13.5 Å². The monoisotopic (exact) mass is 310 g/mol. The summed E-state index contributed by atoms with van der Waals surface area (Å²) >= 11 is 0. The van der Waals surface area contributed by atoms with Crippen LogP contribution in [-0.4, -0.2) is 21.2 Å². The zero-order valence-corrected chi connectivity index (χ0v) is 12.4. The van der Waals surface area contributed by atoms with E-state index in [1.807, 2.05) is 31.2 Å². The molecule has 0 amide bonds. The predicted octanol–water partition coefficient (Wildman–Crippen LogP) is 3.11. The van der Waals surface area contributed by atoms with E-state index in [2.05, 4.69) is 10.1 Å². The van der Waals surface area contributed by atoms with E-state index in [-0.39, 0.29) is 23.8 Å². The van der Waals surface area contributed by atoms with Crippen molar-refractivity contribution in [3.05, 3.63) is 65.5 Å². The Balaban J connectivity index is 1.65. The van der Waals surface area contributed by atoms with Gasteiger partial charge >= 0.3 is 5.97 Å². The fourth-order valence-electron chi connectivity index (χ4n) is 1.98. The van der Waals surface area contributed by atoms with Gasteiger partial charge in [-0.05, 0) is 25.1 Å². The van der Waals surface area contributed by atoms with Crippen LogP contribution in [0.5, 0.6) is 5.75 Å². The molecule has 116 valence electrons. The van der Waals surface area contributed by atoms with Gasteiger partial charge < -0.3 is 14.4 Å². The maximum Gasteiger partial charge on any atom is 0.338 e. The molecule has 0 unspecified atom stereocenters. The molecule has 1 aromatic heterocycles. The van der Waals surface area contributed by atoms with E-state index in [4.69, 9.17) is 9.26 Å². The number of aromatic nitrogens is 2. The quantitative estimate of drug-likeness (QED) is 0.745. The molecule has 3 aromatic rings. The van der Waals surface area contributed by atoms with Gasteiger partial charge in [-0.2, -0.15) is 4.98 Å². The number of rotatable bonds is 4. The second-order valence-corrected chi connectivity index (χ2v) is 5.00. The normalized spacial score (nSPS) is 10.5. The van der Waals surface area contributed by atoms with E-state index in [0.717, 1.165) is 11.1 Å². The summed E-state index contributed by atoms with van der Waals surface area (Å²) < 4.78 is 10.2. The van der Waals surface area contributed by atoms with Crippen LogP contribution in [-0.2, 0) is 11.3 Å². The molecular weight excluding hydrogens is 296 g/mol. The van der Waals surface area contributed by atoms with E-state index in [9.17, 15) is 9.90 Å². The number of hydrogen-bond acceptors (Lipinski definition) is 6. The minimum Gasteiger partial charge on any atom is -0.508 e. The average molecular weight is 310 g/mol. The summed E-state index contributed by atoms with van der Waals surface area (Å²) in [6, 6.07) is 13.6. The van der Waals surface area contributed by atoms with Gasteiger partial charge in [-0.3, -0.25) is 0 Å². The van der Waals surface area contributed by atoms with E-state index in [1.165, 1.54) is 12.1 Å². The molecule has 0 radical (unpaired) electrons. The topological polar surface area (TPSA) is 85.5 Å². The van der Waals surface area contributed by atoms with Gasteiger partial charge in [0, 0.05) is 5.56 Å².